The smallest absolute Gasteiger partial charge is 0.383 e. The van der Waals surface area contributed by atoms with Crippen molar-refractivity contribution >= 4 is 28.6 Å². The largest absolute Gasteiger partial charge is 0.416 e. The van der Waals surface area contributed by atoms with Crippen molar-refractivity contribution < 1.29 is 69.9 Å². The Hall–Kier alpha value is -4.52. The van der Waals surface area contributed by atoms with Gasteiger partial charge in [-0.15, -0.1) is 11.8 Å². The Morgan fingerprint density at radius 2 is 1.74 bits per heavy atom. The van der Waals surface area contributed by atoms with Crippen molar-refractivity contribution in [1.29, 1.82) is 0 Å². The average molecular weight is 778 g/mol. The number of rotatable bonds is 12. The van der Waals surface area contributed by atoms with Gasteiger partial charge >= 0.3 is 6.18 Å². The molecule has 6 rings (SSSR count). The van der Waals surface area contributed by atoms with Gasteiger partial charge in [0.25, 0.3) is 0 Å². The molecule has 1 aliphatic rings. The van der Waals surface area contributed by atoms with Gasteiger partial charge in [-0.05, 0) is 66.1 Å². The molecule has 1 saturated heterocycles. The van der Waals surface area contributed by atoms with E-state index in [0.29, 0.717) is 14.0 Å². The average Bonchev–Trinajstić information content (AvgIpc) is 3.37. The minimum Gasteiger partial charge on any atom is -0.383 e. The molecule has 0 atom stereocenters. The predicted molar refractivity (Wildman–Crippen MR) is 198 cm³/mol. The number of piperidine rings is 1. The van der Waals surface area contributed by atoms with Gasteiger partial charge in [0.15, 0.2) is 17.1 Å². The summed E-state index contributed by atoms with van der Waals surface area (Å²) < 4.78 is 323. The van der Waals surface area contributed by atoms with Crippen LogP contribution in [0.4, 0.5) is 22.0 Å². The lowest BCUT2D eigenvalue weighted by molar-refractivity contribution is -0.138. The topological polar surface area (TPSA) is 54.8 Å². The standard InChI is InChI=1S/C41H40F5N3O3S/c1-27-22-30(14-15-34(27)41(44,45)46)29-12-10-28(11-13-29)24-48(32-16-18-47(19-17-32)20-21-52-2)38(51)25-49-36-9-4-3-7-33(36)37(50)23-39(49)53-26-31-6-5-8-35(42)40(31)43/h3-15,22-23,32H,16-21,24-26H2,1-2H3/i3D,4D,5D,6D,7D,8D,9D,10D,11D,12D,13D,14D,15D,16D2,17D2,18D2,19D2,21D2,22D,23D,25D2,32D. The third-order valence-corrected chi connectivity index (χ3v) is 7.96. The molecule has 12 heteroatoms. The van der Waals surface area contributed by atoms with Gasteiger partial charge in [-0.1, -0.05) is 60.4 Å². The number of amides is 1. The molecule has 278 valence electrons. The summed E-state index contributed by atoms with van der Waals surface area (Å²) in [6.45, 7) is -19.7. The molecule has 0 saturated carbocycles. The summed E-state index contributed by atoms with van der Waals surface area (Å²) in [5.41, 5.74) is -10.9. The van der Waals surface area contributed by atoms with Gasteiger partial charge in [-0.3, -0.25) is 9.59 Å². The number of likely N-dealkylation sites (tertiary alicyclic amines) is 1. The van der Waals surface area contributed by atoms with E-state index in [4.69, 9.17) is 28.8 Å². The van der Waals surface area contributed by atoms with E-state index in [0.717, 1.165) is 0 Å². The van der Waals surface area contributed by atoms with Crippen LogP contribution in [0, 0.1) is 18.6 Å². The molecule has 1 amide bonds. The molecule has 0 N–H and O–H groups in total. The second-order valence-electron chi connectivity index (χ2n) is 10.4. The van der Waals surface area contributed by atoms with E-state index in [9.17, 15) is 32.0 Å². The van der Waals surface area contributed by atoms with Crippen LogP contribution in [0.25, 0.3) is 22.0 Å². The number of halogens is 5. The number of ether oxygens (including phenoxy) is 1. The number of carbonyl (C=O) groups is 1. The van der Waals surface area contributed by atoms with Crippen LogP contribution in [0.15, 0.2) is 100 Å². The Bertz CT molecular complexity index is 3470. The van der Waals surface area contributed by atoms with Gasteiger partial charge in [0.05, 0.1) is 50.1 Å². The molecule has 4 aromatic carbocycles. The SMILES string of the molecule is [2H]c1c([2H])c(F)c(F)c(CSc2c([2H])c(=O)c3c([2H])c([2H])c([2H])c([2H])c3n2C([2H])([2H])C(=O)N(Cc2c([2H])c([2H])c(-c3c([2H])c([2H])c(C(F)(F)F)c(C)c3[2H])c([2H])c2[2H])C2([2H])C([2H])([2H])C([2H])([2H])N(CC([2H])([2H])OC)C([2H])([2H])C2([2H])[2H])c1[2H]. The van der Waals surface area contributed by atoms with E-state index in [1.807, 2.05) is 0 Å². The summed E-state index contributed by atoms with van der Waals surface area (Å²) in [6.07, 6.45) is -14.7. The Labute approximate surface area is 348 Å². The summed E-state index contributed by atoms with van der Waals surface area (Å²) in [5.74, 6) is -8.05. The first-order valence-corrected chi connectivity index (χ1v) is 15.7. The Balaban J connectivity index is 1.79. The summed E-state index contributed by atoms with van der Waals surface area (Å²) in [4.78, 5) is 28.8. The van der Waals surface area contributed by atoms with Crippen molar-refractivity contribution in [1.82, 2.24) is 14.4 Å². The van der Waals surface area contributed by atoms with Crippen LogP contribution in [0.3, 0.4) is 0 Å². The molecule has 1 aliphatic heterocycles. The predicted octanol–water partition coefficient (Wildman–Crippen LogP) is 8.71. The van der Waals surface area contributed by atoms with Gasteiger partial charge in [-0.2, -0.15) is 13.2 Å². The lowest BCUT2D eigenvalue weighted by atomic mass is 9.98. The van der Waals surface area contributed by atoms with E-state index in [2.05, 4.69) is 4.74 Å². The third kappa shape index (κ3) is 9.00. The number of nitrogens with zero attached hydrogens (tertiary/aromatic N) is 3. The molecule has 53 heavy (non-hydrogen) atoms. The molecule has 2 heterocycles. The van der Waals surface area contributed by atoms with Crippen molar-refractivity contribution in [2.45, 2.75) is 55.7 Å². The van der Waals surface area contributed by atoms with Gasteiger partial charge < -0.3 is 19.1 Å². The van der Waals surface area contributed by atoms with Crippen molar-refractivity contribution in [3.05, 3.63) is 135 Å². The number of carbonyl (C=O) groups excluding carboxylic acids is 1. The van der Waals surface area contributed by atoms with Gasteiger partial charge in [0.1, 0.15) is 6.50 Å². The van der Waals surface area contributed by atoms with Crippen LogP contribution in [0.2, 0.25) is 0 Å². The van der Waals surface area contributed by atoms with Crippen LogP contribution in [-0.2, 0) is 34.5 Å². The molecule has 6 nitrogen and oxygen atoms in total. The third-order valence-electron chi connectivity index (χ3n) is 6.97. The zero-order valence-electron chi connectivity index (χ0n) is 55.0. The molecular weight excluding hydrogens is 710 g/mol. The monoisotopic (exact) mass is 777 g/mol. The van der Waals surface area contributed by atoms with Crippen molar-refractivity contribution in [2.24, 2.45) is 0 Å². The number of aromatic nitrogens is 1. The van der Waals surface area contributed by atoms with Crippen LogP contribution in [-0.4, -0.2) is 59.5 Å². The fraction of sp³-hybridized carbons (Fsp3) is 0.317. The summed E-state index contributed by atoms with van der Waals surface area (Å²) in [7, 11) is 0.676. The number of fused-ring (bicyclic) bond motifs is 1. The first-order chi connectivity index (χ1) is 36.6. The maximum Gasteiger partial charge on any atom is 0.416 e. The first-order valence-electron chi connectivity index (χ1n) is 28.7. The fourth-order valence-corrected chi connectivity index (χ4v) is 5.38. The van der Waals surface area contributed by atoms with Gasteiger partial charge in [0.2, 0.25) is 5.91 Å². The van der Waals surface area contributed by atoms with E-state index >= 15 is 9.18 Å². The number of benzene rings is 4. The Morgan fingerprint density at radius 1 is 1.02 bits per heavy atom. The van der Waals surface area contributed by atoms with Crippen molar-refractivity contribution in [2.75, 3.05) is 33.2 Å². The number of hydrogen-bond donors (Lipinski definition) is 0. The van der Waals surface area contributed by atoms with Crippen molar-refractivity contribution in [3.63, 3.8) is 0 Å². The second kappa shape index (κ2) is 16.7. The van der Waals surface area contributed by atoms with E-state index in [1.54, 1.807) is 0 Å². The Kier molecular flexibility index (Phi) is 5.17. The van der Waals surface area contributed by atoms with E-state index in [-0.39, 0.29) is 16.3 Å². The zero-order valence-corrected chi connectivity index (χ0v) is 27.8. The Morgan fingerprint density at radius 3 is 2.45 bits per heavy atom. The molecular formula is C41H40F5N3O3S. The lowest BCUT2D eigenvalue weighted by Crippen LogP contribution is -2.48. The van der Waals surface area contributed by atoms with Crippen LogP contribution < -0.4 is 5.43 Å². The molecule has 5 aromatic rings. The number of methoxy groups -OCH3 is 1. The van der Waals surface area contributed by atoms with E-state index < -0.39 is 243 Å². The maximum absolute atomic E-state index is 15.9. The van der Waals surface area contributed by atoms with Crippen LogP contribution in [0.5, 0.6) is 0 Å². The number of para-hydroxylation sites is 1. The summed E-state index contributed by atoms with van der Waals surface area (Å²) in [5, 5.41) is -2.72. The molecule has 0 radical (unpaired) electrons. The minimum atomic E-state index is -5.36. The number of alkyl halides is 3. The highest BCUT2D eigenvalue weighted by atomic mass is 32.2. The first kappa shape index (κ1) is 16.5. The van der Waals surface area contributed by atoms with Gasteiger partial charge in [0, 0.05) is 72.9 Å². The van der Waals surface area contributed by atoms with Crippen LogP contribution >= 0.6 is 11.8 Å². The molecule has 0 aliphatic carbocycles. The lowest BCUT2D eigenvalue weighted by Gasteiger charge is -2.39. The fourth-order valence-electron chi connectivity index (χ4n) is 4.47. The normalized spacial score (nSPS) is 26.7. The van der Waals surface area contributed by atoms with Crippen molar-refractivity contribution in [3.8, 4) is 11.1 Å². The zero-order chi connectivity index (χ0) is 62.4. The summed E-state index contributed by atoms with van der Waals surface area (Å²) >= 11 is -0.196. The number of hydrogen-bond acceptors (Lipinski definition) is 5. The van der Waals surface area contributed by atoms with E-state index in [1.165, 1.54) is 0 Å². The number of thioether (sulfide) groups is 1. The van der Waals surface area contributed by atoms with Crippen LogP contribution in [0.1, 0.15) is 73.4 Å². The highest BCUT2D eigenvalue weighted by molar-refractivity contribution is 7.98. The van der Waals surface area contributed by atoms with Gasteiger partial charge in [-0.25, -0.2) is 8.78 Å². The highest BCUT2D eigenvalue weighted by Crippen LogP contribution is 2.34. The molecule has 0 bridgehead atoms. The molecule has 1 aromatic heterocycles. The quantitative estimate of drug-likeness (QED) is 0.0938. The second-order valence-corrected chi connectivity index (χ2v) is 11.4. The minimum absolute atomic E-state index is 0.196. The highest BCUT2D eigenvalue weighted by Gasteiger charge is 2.32. The summed E-state index contributed by atoms with van der Waals surface area (Å²) in [6, 6.07) is -26.1. The molecule has 1 fully saturated rings. The maximum atomic E-state index is 15.9. The number of pyridine rings is 1. The molecule has 0 spiro atoms. The molecule has 0 unspecified atom stereocenters.